The minimum absolute atomic E-state index is 0.266. The van der Waals surface area contributed by atoms with Gasteiger partial charge in [-0.05, 0) is 57.5 Å². The minimum Gasteiger partial charge on any atom is -0.465 e. The summed E-state index contributed by atoms with van der Waals surface area (Å²) in [5.41, 5.74) is 5.83. The predicted octanol–water partition coefficient (Wildman–Crippen LogP) is 2.02. The van der Waals surface area contributed by atoms with Crippen LogP contribution in [0, 0.1) is 11.8 Å². The molecule has 0 aromatic rings. The van der Waals surface area contributed by atoms with Crippen LogP contribution >= 0.6 is 0 Å². The third-order valence-corrected chi connectivity index (χ3v) is 4.15. The zero-order valence-corrected chi connectivity index (χ0v) is 12.7. The average molecular weight is 270 g/mol. The van der Waals surface area contributed by atoms with Crippen LogP contribution in [0.25, 0.3) is 0 Å². The standard InChI is InChI=1S/C15H30N2O2/c1-4-19-15(18)14(16)8-11-17-9-5-6-13(7-10-17)12(2)3/h12-14H,4-11,16H2,1-3H3. The van der Waals surface area contributed by atoms with Crippen LogP contribution in [0.5, 0.6) is 0 Å². The topological polar surface area (TPSA) is 55.6 Å². The summed E-state index contributed by atoms with van der Waals surface area (Å²) < 4.78 is 4.93. The minimum atomic E-state index is -0.468. The highest BCUT2D eigenvalue weighted by molar-refractivity contribution is 5.75. The van der Waals surface area contributed by atoms with E-state index in [-0.39, 0.29) is 5.97 Å². The first-order valence-electron chi connectivity index (χ1n) is 7.69. The molecule has 0 radical (unpaired) electrons. The van der Waals surface area contributed by atoms with Crippen molar-refractivity contribution < 1.29 is 9.53 Å². The van der Waals surface area contributed by atoms with Crippen LogP contribution in [0.15, 0.2) is 0 Å². The largest absolute Gasteiger partial charge is 0.465 e. The van der Waals surface area contributed by atoms with E-state index in [0.717, 1.165) is 31.5 Å². The third kappa shape index (κ3) is 5.91. The molecule has 0 aromatic carbocycles. The maximum atomic E-state index is 11.5. The van der Waals surface area contributed by atoms with Gasteiger partial charge in [-0.2, -0.15) is 0 Å². The van der Waals surface area contributed by atoms with Gasteiger partial charge < -0.3 is 15.4 Å². The summed E-state index contributed by atoms with van der Waals surface area (Å²) >= 11 is 0. The van der Waals surface area contributed by atoms with Crippen molar-refractivity contribution in [3.05, 3.63) is 0 Å². The quantitative estimate of drug-likeness (QED) is 0.750. The monoisotopic (exact) mass is 270 g/mol. The predicted molar refractivity (Wildman–Crippen MR) is 77.8 cm³/mol. The van der Waals surface area contributed by atoms with Crippen LogP contribution in [0.2, 0.25) is 0 Å². The Balaban J connectivity index is 2.28. The molecule has 0 saturated carbocycles. The molecule has 2 N–H and O–H groups in total. The Labute approximate surface area is 117 Å². The molecule has 2 unspecified atom stereocenters. The van der Waals surface area contributed by atoms with Gasteiger partial charge in [0.25, 0.3) is 0 Å². The van der Waals surface area contributed by atoms with Crippen molar-refractivity contribution in [3.63, 3.8) is 0 Å². The van der Waals surface area contributed by atoms with Crippen LogP contribution in [-0.2, 0) is 9.53 Å². The lowest BCUT2D eigenvalue weighted by Crippen LogP contribution is -2.37. The van der Waals surface area contributed by atoms with Crippen LogP contribution in [-0.4, -0.2) is 43.2 Å². The number of carbonyl (C=O) groups excluding carboxylic acids is 1. The van der Waals surface area contributed by atoms with Crippen LogP contribution < -0.4 is 5.73 Å². The van der Waals surface area contributed by atoms with Crippen molar-refractivity contribution in [1.82, 2.24) is 4.90 Å². The van der Waals surface area contributed by atoms with Crippen molar-refractivity contribution in [2.75, 3.05) is 26.2 Å². The molecule has 0 bridgehead atoms. The summed E-state index contributed by atoms with van der Waals surface area (Å²) in [5, 5.41) is 0. The second kappa shape index (κ2) is 8.54. The van der Waals surface area contributed by atoms with Crippen LogP contribution in [0.1, 0.15) is 46.5 Å². The first kappa shape index (κ1) is 16.4. The number of carbonyl (C=O) groups is 1. The van der Waals surface area contributed by atoms with Gasteiger partial charge in [0, 0.05) is 6.54 Å². The number of ether oxygens (including phenoxy) is 1. The van der Waals surface area contributed by atoms with E-state index in [4.69, 9.17) is 10.5 Å². The Morgan fingerprint density at radius 2 is 2.11 bits per heavy atom. The molecule has 1 rings (SSSR count). The molecule has 4 nitrogen and oxygen atoms in total. The van der Waals surface area contributed by atoms with Gasteiger partial charge in [0.15, 0.2) is 0 Å². The number of hydrogen-bond donors (Lipinski definition) is 1. The molecule has 112 valence electrons. The average Bonchev–Trinajstić information content (AvgIpc) is 2.61. The van der Waals surface area contributed by atoms with Gasteiger partial charge in [0.05, 0.1) is 6.61 Å². The Hall–Kier alpha value is -0.610. The lowest BCUT2D eigenvalue weighted by Gasteiger charge is -2.22. The summed E-state index contributed by atoms with van der Waals surface area (Å²) in [6.45, 7) is 10.0. The van der Waals surface area contributed by atoms with Gasteiger partial charge in [-0.3, -0.25) is 4.79 Å². The van der Waals surface area contributed by atoms with Crippen LogP contribution in [0.3, 0.4) is 0 Å². The first-order chi connectivity index (χ1) is 9.04. The summed E-state index contributed by atoms with van der Waals surface area (Å²) in [4.78, 5) is 13.9. The summed E-state index contributed by atoms with van der Waals surface area (Å²) in [6, 6.07) is -0.468. The van der Waals surface area contributed by atoms with E-state index in [1.165, 1.54) is 19.3 Å². The molecule has 2 atom stereocenters. The highest BCUT2D eigenvalue weighted by atomic mass is 16.5. The number of nitrogens with two attached hydrogens (primary N) is 1. The SMILES string of the molecule is CCOC(=O)C(N)CCN1CCCC(C(C)C)CC1. The molecule has 4 heteroatoms. The normalized spacial score (nSPS) is 23.1. The second-order valence-electron chi connectivity index (χ2n) is 5.92. The second-order valence-corrected chi connectivity index (χ2v) is 5.92. The molecular formula is C15H30N2O2. The number of likely N-dealkylation sites (tertiary alicyclic amines) is 1. The molecule has 1 aliphatic heterocycles. The Bertz CT molecular complexity index is 269. The molecule has 0 aromatic heterocycles. The fourth-order valence-corrected chi connectivity index (χ4v) is 2.76. The molecule has 0 aliphatic carbocycles. The fourth-order valence-electron chi connectivity index (χ4n) is 2.76. The maximum Gasteiger partial charge on any atom is 0.322 e. The number of rotatable bonds is 6. The zero-order chi connectivity index (χ0) is 14.3. The van der Waals surface area contributed by atoms with Crippen molar-refractivity contribution in [1.29, 1.82) is 0 Å². The number of nitrogens with zero attached hydrogens (tertiary/aromatic N) is 1. The van der Waals surface area contributed by atoms with E-state index < -0.39 is 6.04 Å². The van der Waals surface area contributed by atoms with Crippen molar-refractivity contribution in [2.24, 2.45) is 17.6 Å². The highest BCUT2D eigenvalue weighted by Crippen LogP contribution is 2.24. The van der Waals surface area contributed by atoms with Gasteiger partial charge in [-0.1, -0.05) is 13.8 Å². The Morgan fingerprint density at radius 3 is 2.74 bits per heavy atom. The van der Waals surface area contributed by atoms with E-state index in [1.54, 1.807) is 0 Å². The van der Waals surface area contributed by atoms with E-state index in [0.29, 0.717) is 13.0 Å². The van der Waals surface area contributed by atoms with Gasteiger partial charge in [0.1, 0.15) is 6.04 Å². The van der Waals surface area contributed by atoms with E-state index in [1.807, 2.05) is 6.92 Å². The molecule has 1 saturated heterocycles. The summed E-state index contributed by atoms with van der Waals surface area (Å²) in [5.74, 6) is 1.36. The molecule has 1 aliphatic rings. The number of esters is 1. The maximum absolute atomic E-state index is 11.5. The molecule has 0 spiro atoms. The lowest BCUT2D eigenvalue weighted by molar-refractivity contribution is -0.144. The fraction of sp³-hybridized carbons (Fsp3) is 0.933. The van der Waals surface area contributed by atoms with Gasteiger partial charge in [0.2, 0.25) is 0 Å². The Morgan fingerprint density at radius 1 is 1.37 bits per heavy atom. The lowest BCUT2D eigenvalue weighted by atomic mass is 9.89. The smallest absolute Gasteiger partial charge is 0.322 e. The summed E-state index contributed by atoms with van der Waals surface area (Å²) in [7, 11) is 0. The van der Waals surface area contributed by atoms with E-state index >= 15 is 0 Å². The molecule has 1 fully saturated rings. The van der Waals surface area contributed by atoms with Crippen molar-refractivity contribution >= 4 is 5.97 Å². The first-order valence-corrected chi connectivity index (χ1v) is 7.69. The van der Waals surface area contributed by atoms with Crippen molar-refractivity contribution in [2.45, 2.75) is 52.5 Å². The van der Waals surface area contributed by atoms with Crippen molar-refractivity contribution in [3.8, 4) is 0 Å². The van der Waals surface area contributed by atoms with E-state index in [9.17, 15) is 4.79 Å². The molecule has 0 amide bonds. The van der Waals surface area contributed by atoms with E-state index in [2.05, 4.69) is 18.7 Å². The van der Waals surface area contributed by atoms with Gasteiger partial charge in [-0.15, -0.1) is 0 Å². The molecule has 19 heavy (non-hydrogen) atoms. The van der Waals surface area contributed by atoms with Gasteiger partial charge >= 0.3 is 5.97 Å². The molecular weight excluding hydrogens is 240 g/mol. The molecule has 1 heterocycles. The third-order valence-electron chi connectivity index (χ3n) is 4.15. The highest BCUT2D eigenvalue weighted by Gasteiger charge is 2.21. The van der Waals surface area contributed by atoms with Crippen LogP contribution in [0.4, 0.5) is 0 Å². The summed E-state index contributed by atoms with van der Waals surface area (Å²) in [6.07, 6.45) is 4.56. The Kier molecular flexibility index (Phi) is 7.39. The zero-order valence-electron chi connectivity index (χ0n) is 12.7. The van der Waals surface area contributed by atoms with Gasteiger partial charge in [-0.25, -0.2) is 0 Å². The number of hydrogen-bond acceptors (Lipinski definition) is 4.